The molecule has 0 unspecified atom stereocenters. The van der Waals surface area contributed by atoms with Crippen molar-refractivity contribution in [1.29, 1.82) is 0 Å². The molecule has 6 heteroatoms. The normalized spacial score (nSPS) is 11.4. The topological polar surface area (TPSA) is 74.4 Å². The van der Waals surface area contributed by atoms with E-state index in [9.17, 15) is 14.9 Å². The maximum absolute atomic E-state index is 12.4. The fraction of sp³-hybridized carbons (Fsp3) is 0.312. The molecule has 0 saturated heterocycles. The number of benzene rings is 1. The van der Waals surface area contributed by atoms with Crippen molar-refractivity contribution in [3.05, 3.63) is 58.4 Å². The second kappa shape index (κ2) is 5.63. The van der Waals surface area contributed by atoms with Crippen molar-refractivity contribution in [2.45, 2.75) is 32.8 Å². The number of fused-ring (bicyclic) bond motifs is 1. The molecule has 2 rings (SSSR count). The van der Waals surface area contributed by atoms with E-state index >= 15 is 0 Å². The van der Waals surface area contributed by atoms with Crippen molar-refractivity contribution in [3.63, 3.8) is 0 Å². The van der Waals surface area contributed by atoms with Gasteiger partial charge in [0.2, 0.25) is 5.70 Å². The van der Waals surface area contributed by atoms with Crippen molar-refractivity contribution >= 4 is 17.0 Å². The first-order valence-corrected chi connectivity index (χ1v) is 6.84. The average molecular weight is 302 g/mol. The summed E-state index contributed by atoms with van der Waals surface area (Å²) < 4.78 is 6.77. The second-order valence-electron chi connectivity index (χ2n) is 6.01. The molecule has 0 atom stereocenters. The lowest BCUT2D eigenvalue weighted by Gasteiger charge is -2.20. The van der Waals surface area contributed by atoms with Gasteiger partial charge < -0.3 is 4.74 Å². The predicted octanol–water partition coefficient (Wildman–Crippen LogP) is 3.76. The molecule has 1 aromatic carbocycles. The highest BCUT2D eigenvalue weighted by atomic mass is 16.6. The summed E-state index contributed by atoms with van der Waals surface area (Å²) in [5, 5.41) is 11.6. The molecular formula is C16H18N2O4. The molecule has 1 aromatic heterocycles. The average Bonchev–Trinajstić information content (AvgIpc) is 2.74. The van der Waals surface area contributed by atoms with E-state index in [1.165, 1.54) is 4.57 Å². The molecule has 0 saturated carbocycles. The third-order valence-electron chi connectivity index (χ3n) is 3.01. The van der Waals surface area contributed by atoms with Gasteiger partial charge in [-0.1, -0.05) is 18.2 Å². The van der Waals surface area contributed by atoms with Crippen LogP contribution in [-0.2, 0) is 11.2 Å². The molecule has 0 spiro atoms. The van der Waals surface area contributed by atoms with Gasteiger partial charge in [-0.3, -0.25) is 10.1 Å². The van der Waals surface area contributed by atoms with Crippen LogP contribution >= 0.6 is 0 Å². The summed E-state index contributed by atoms with van der Waals surface area (Å²) >= 11 is 0. The van der Waals surface area contributed by atoms with Crippen LogP contribution in [0.25, 0.3) is 10.9 Å². The lowest BCUT2D eigenvalue weighted by molar-refractivity contribution is -0.426. The van der Waals surface area contributed by atoms with Crippen LogP contribution in [0.1, 0.15) is 26.5 Å². The second-order valence-corrected chi connectivity index (χ2v) is 6.01. The number of aromatic nitrogens is 1. The Hall–Kier alpha value is -2.63. The van der Waals surface area contributed by atoms with Crippen LogP contribution in [0.2, 0.25) is 0 Å². The third-order valence-corrected chi connectivity index (χ3v) is 3.01. The molecule has 0 aliphatic carbocycles. The lowest BCUT2D eigenvalue weighted by Crippen LogP contribution is -2.28. The highest BCUT2D eigenvalue weighted by Gasteiger charge is 2.23. The van der Waals surface area contributed by atoms with E-state index in [-0.39, 0.29) is 12.1 Å². The first-order valence-electron chi connectivity index (χ1n) is 6.84. The minimum Gasteiger partial charge on any atom is -0.443 e. The van der Waals surface area contributed by atoms with Crippen molar-refractivity contribution in [2.24, 2.45) is 0 Å². The molecule has 1 heterocycles. The Morgan fingerprint density at radius 1 is 1.36 bits per heavy atom. The zero-order valence-corrected chi connectivity index (χ0v) is 12.8. The van der Waals surface area contributed by atoms with E-state index < -0.39 is 16.6 Å². The zero-order valence-electron chi connectivity index (χ0n) is 12.8. The fourth-order valence-corrected chi connectivity index (χ4v) is 2.14. The Labute approximate surface area is 128 Å². The summed E-state index contributed by atoms with van der Waals surface area (Å²) in [4.78, 5) is 22.7. The number of rotatable bonds is 3. The molecule has 0 fully saturated rings. The highest BCUT2D eigenvalue weighted by Crippen LogP contribution is 2.23. The molecule has 116 valence electrons. The standard InChI is InChI=1S/C16H18N2O4/c1-11(18(20)21)9-13-10-12-7-5-6-8-14(12)17(13)15(19)22-16(2,3)4/h5-8,10H,1,9H2,2-4H3. The Kier molecular flexibility index (Phi) is 4.03. The Bertz CT molecular complexity index is 753. The number of nitrogens with zero attached hydrogens (tertiary/aromatic N) is 2. The van der Waals surface area contributed by atoms with E-state index in [1.807, 2.05) is 12.1 Å². The SMILES string of the molecule is C=C(Cc1cc2ccccc2n1C(=O)OC(C)(C)C)[N+](=O)[O-]. The smallest absolute Gasteiger partial charge is 0.419 e. The molecule has 0 radical (unpaired) electrons. The number of ether oxygens (including phenoxy) is 1. The van der Waals surface area contributed by atoms with Gasteiger partial charge in [-0.05, 0) is 39.5 Å². The monoisotopic (exact) mass is 302 g/mol. The van der Waals surface area contributed by atoms with Gasteiger partial charge in [0.25, 0.3) is 0 Å². The van der Waals surface area contributed by atoms with Gasteiger partial charge in [0.05, 0.1) is 16.9 Å². The quantitative estimate of drug-likeness (QED) is 0.639. The molecule has 0 amide bonds. The summed E-state index contributed by atoms with van der Waals surface area (Å²) in [6.45, 7) is 8.74. The molecule has 6 nitrogen and oxygen atoms in total. The van der Waals surface area contributed by atoms with Crippen LogP contribution in [0.3, 0.4) is 0 Å². The highest BCUT2D eigenvalue weighted by molar-refractivity contribution is 5.91. The first kappa shape index (κ1) is 15.8. The number of hydrogen-bond acceptors (Lipinski definition) is 4. The molecule has 0 bridgehead atoms. The van der Waals surface area contributed by atoms with Crippen LogP contribution in [0.15, 0.2) is 42.6 Å². The van der Waals surface area contributed by atoms with Crippen LogP contribution in [0, 0.1) is 10.1 Å². The zero-order chi connectivity index (χ0) is 16.5. The summed E-state index contributed by atoms with van der Waals surface area (Å²) in [5.41, 5.74) is 0.312. The summed E-state index contributed by atoms with van der Waals surface area (Å²) in [5.74, 6) is 0. The summed E-state index contributed by atoms with van der Waals surface area (Å²) in [7, 11) is 0. The molecule has 0 aliphatic rings. The number of para-hydroxylation sites is 1. The van der Waals surface area contributed by atoms with Crippen molar-refractivity contribution in [1.82, 2.24) is 4.57 Å². The van der Waals surface area contributed by atoms with Gasteiger partial charge in [-0.25, -0.2) is 9.36 Å². The first-order chi connectivity index (χ1) is 10.2. The molecular weight excluding hydrogens is 284 g/mol. The lowest BCUT2D eigenvalue weighted by atomic mass is 10.2. The van der Waals surface area contributed by atoms with E-state index in [2.05, 4.69) is 6.58 Å². The molecule has 0 aliphatic heterocycles. The maximum Gasteiger partial charge on any atom is 0.419 e. The summed E-state index contributed by atoms with van der Waals surface area (Å²) in [6, 6.07) is 9.00. The Balaban J connectivity index is 2.51. The maximum atomic E-state index is 12.4. The largest absolute Gasteiger partial charge is 0.443 e. The molecule has 0 N–H and O–H groups in total. The van der Waals surface area contributed by atoms with Gasteiger partial charge in [0.15, 0.2) is 0 Å². The van der Waals surface area contributed by atoms with Crippen molar-refractivity contribution in [3.8, 4) is 0 Å². The van der Waals surface area contributed by atoms with E-state index in [4.69, 9.17) is 4.74 Å². The van der Waals surface area contributed by atoms with Gasteiger partial charge in [0.1, 0.15) is 5.60 Å². The summed E-state index contributed by atoms with van der Waals surface area (Å²) in [6.07, 6.45) is -0.583. The number of hydrogen-bond donors (Lipinski definition) is 0. The minimum atomic E-state index is -0.653. The van der Waals surface area contributed by atoms with Gasteiger partial charge in [-0.15, -0.1) is 0 Å². The number of carbonyl (C=O) groups excluding carboxylic acids is 1. The Morgan fingerprint density at radius 3 is 2.59 bits per heavy atom. The third kappa shape index (κ3) is 3.33. The number of carbonyl (C=O) groups is 1. The van der Waals surface area contributed by atoms with Crippen LogP contribution in [-0.4, -0.2) is 21.2 Å². The molecule has 22 heavy (non-hydrogen) atoms. The van der Waals surface area contributed by atoms with Crippen molar-refractivity contribution in [2.75, 3.05) is 0 Å². The number of nitro groups is 1. The number of allylic oxidation sites excluding steroid dienone is 1. The van der Waals surface area contributed by atoms with Crippen LogP contribution < -0.4 is 0 Å². The minimum absolute atomic E-state index is 0.0269. The van der Waals surface area contributed by atoms with E-state index in [0.29, 0.717) is 11.2 Å². The molecule has 2 aromatic rings. The van der Waals surface area contributed by atoms with Crippen molar-refractivity contribution < 1.29 is 14.5 Å². The Morgan fingerprint density at radius 2 is 2.00 bits per heavy atom. The van der Waals surface area contributed by atoms with Gasteiger partial charge >= 0.3 is 6.09 Å². The van der Waals surface area contributed by atoms with E-state index in [1.54, 1.807) is 39.0 Å². The van der Waals surface area contributed by atoms with Gasteiger partial charge in [0, 0.05) is 11.1 Å². The predicted molar refractivity (Wildman–Crippen MR) is 83.4 cm³/mol. The van der Waals surface area contributed by atoms with Crippen LogP contribution in [0.5, 0.6) is 0 Å². The fourth-order valence-electron chi connectivity index (χ4n) is 2.14. The van der Waals surface area contributed by atoms with E-state index in [0.717, 1.165) is 5.39 Å². The van der Waals surface area contributed by atoms with Crippen LogP contribution in [0.4, 0.5) is 4.79 Å². The van der Waals surface area contributed by atoms with Gasteiger partial charge in [-0.2, -0.15) is 0 Å².